The molecule has 142 valence electrons. The molecule has 28 heavy (non-hydrogen) atoms. The summed E-state index contributed by atoms with van der Waals surface area (Å²) in [4.78, 5) is 33.1. The first-order chi connectivity index (χ1) is 13.5. The van der Waals surface area contributed by atoms with Crippen molar-refractivity contribution in [3.05, 3.63) is 65.9 Å². The van der Waals surface area contributed by atoms with Crippen LogP contribution in [0.15, 0.2) is 54.6 Å². The van der Waals surface area contributed by atoms with Crippen molar-refractivity contribution in [2.75, 3.05) is 29.9 Å². The van der Waals surface area contributed by atoms with Crippen molar-refractivity contribution in [1.82, 2.24) is 9.88 Å². The molecular weight excluding hydrogens is 352 g/mol. The standard InChI is InChI=1S/C22H22N4O2/c1-15-7-9-17(10-8-15)26-12-11-25(22(26)28)14-21(27)24-20-13-16(2)23-19-6-4-3-5-18(19)20/h3-10,13H,11-12,14H2,1-2H3,(H,23,24,27). The number of hydrogen-bond acceptors (Lipinski definition) is 3. The Bertz CT molecular complexity index is 1050. The van der Waals surface area contributed by atoms with Gasteiger partial charge in [0.1, 0.15) is 6.54 Å². The quantitative estimate of drug-likeness (QED) is 0.757. The summed E-state index contributed by atoms with van der Waals surface area (Å²) in [5, 5.41) is 3.83. The number of fused-ring (bicyclic) bond motifs is 1. The van der Waals surface area contributed by atoms with Gasteiger partial charge < -0.3 is 10.2 Å². The van der Waals surface area contributed by atoms with Gasteiger partial charge in [0.2, 0.25) is 5.91 Å². The molecule has 1 N–H and O–H groups in total. The van der Waals surface area contributed by atoms with Gasteiger partial charge in [0.15, 0.2) is 0 Å². The highest BCUT2D eigenvalue weighted by Gasteiger charge is 2.30. The number of carbonyl (C=O) groups is 2. The Kier molecular flexibility index (Phi) is 4.69. The number of carbonyl (C=O) groups excluding carboxylic acids is 2. The fourth-order valence-electron chi connectivity index (χ4n) is 3.47. The number of hydrogen-bond donors (Lipinski definition) is 1. The maximum absolute atomic E-state index is 12.7. The van der Waals surface area contributed by atoms with Gasteiger partial charge in [0.05, 0.1) is 11.2 Å². The average molecular weight is 374 g/mol. The molecule has 2 aromatic carbocycles. The second-order valence-corrected chi connectivity index (χ2v) is 7.07. The maximum atomic E-state index is 12.7. The van der Waals surface area contributed by atoms with E-state index in [0.717, 1.165) is 33.5 Å². The van der Waals surface area contributed by atoms with Gasteiger partial charge >= 0.3 is 6.03 Å². The smallest absolute Gasteiger partial charge is 0.324 e. The first-order valence-corrected chi connectivity index (χ1v) is 9.30. The van der Waals surface area contributed by atoms with Crippen molar-refractivity contribution in [3.8, 4) is 0 Å². The van der Waals surface area contributed by atoms with Gasteiger partial charge in [-0.15, -0.1) is 0 Å². The predicted octanol–water partition coefficient (Wildman–Crippen LogP) is 3.73. The lowest BCUT2D eigenvalue weighted by atomic mass is 10.1. The second kappa shape index (κ2) is 7.31. The summed E-state index contributed by atoms with van der Waals surface area (Å²) in [7, 11) is 0. The third-order valence-corrected chi connectivity index (χ3v) is 4.89. The van der Waals surface area contributed by atoms with Gasteiger partial charge in [-0.2, -0.15) is 0 Å². The number of amides is 3. The molecule has 0 atom stereocenters. The molecule has 3 amide bonds. The molecule has 2 heterocycles. The minimum absolute atomic E-state index is 0.0247. The van der Waals surface area contributed by atoms with Gasteiger partial charge in [-0.1, -0.05) is 35.9 Å². The molecule has 0 bridgehead atoms. The molecule has 0 radical (unpaired) electrons. The molecule has 3 aromatic rings. The molecule has 1 aromatic heterocycles. The van der Waals surface area contributed by atoms with E-state index in [9.17, 15) is 9.59 Å². The van der Waals surface area contributed by atoms with Crippen LogP contribution in [0.3, 0.4) is 0 Å². The zero-order valence-corrected chi connectivity index (χ0v) is 16.0. The van der Waals surface area contributed by atoms with Crippen molar-refractivity contribution in [3.63, 3.8) is 0 Å². The minimum Gasteiger partial charge on any atom is -0.324 e. The molecule has 1 fully saturated rings. The van der Waals surface area contributed by atoms with Crippen molar-refractivity contribution < 1.29 is 9.59 Å². The van der Waals surface area contributed by atoms with E-state index in [1.165, 1.54) is 0 Å². The van der Waals surface area contributed by atoms with Crippen molar-refractivity contribution in [2.24, 2.45) is 0 Å². The van der Waals surface area contributed by atoms with Crippen LogP contribution in [-0.2, 0) is 4.79 Å². The molecule has 6 heteroatoms. The van der Waals surface area contributed by atoms with Crippen LogP contribution in [0.1, 0.15) is 11.3 Å². The Hall–Kier alpha value is -3.41. The van der Waals surface area contributed by atoms with Crippen LogP contribution in [-0.4, -0.2) is 41.5 Å². The van der Waals surface area contributed by atoms with E-state index in [4.69, 9.17) is 0 Å². The van der Waals surface area contributed by atoms with Crippen LogP contribution >= 0.6 is 0 Å². The SMILES string of the molecule is Cc1ccc(N2CCN(CC(=O)Nc3cc(C)nc4ccccc34)C2=O)cc1. The summed E-state index contributed by atoms with van der Waals surface area (Å²) in [6.45, 7) is 5.03. The van der Waals surface area contributed by atoms with Crippen LogP contribution in [0.5, 0.6) is 0 Å². The van der Waals surface area contributed by atoms with E-state index >= 15 is 0 Å². The number of para-hydroxylation sites is 1. The lowest BCUT2D eigenvalue weighted by Crippen LogP contribution is -2.37. The Balaban J connectivity index is 1.46. The molecule has 0 spiro atoms. The molecule has 0 saturated carbocycles. The predicted molar refractivity (Wildman–Crippen MR) is 111 cm³/mol. The normalized spacial score (nSPS) is 14.0. The van der Waals surface area contributed by atoms with E-state index in [1.54, 1.807) is 9.80 Å². The number of urea groups is 1. The number of aryl methyl sites for hydroxylation is 2. The lowest BCUT2D eigenvalue weighted by molar-refractivity contribution is -0.116. The van der Waals surface area contributed by atoms with Crippen LogP contribution in [0.25, 0.3) is 10.9 Å². The number of aromatic nitrogens is 1. The highest BCUT2D eigenvalue weighted by Crippen LogP contribution is 2.24. The Morgan fingerprint density at radius 1 is 1.07 bits per heavy atom. The Labute approximate surface area is 163 Å². The molecular formula is C22H22N4O2. The lowest BCUT2D eigenvalue weighted by Gasteiger charge is -2.19. The number of nitrogens with zero attached hydrogens (tertiary/aromatic N) is 3. The maximum Gasteiger partial charge on any atom is 0.325 e. The van der Waals surface area contributed by atoms with Gasteiger partial charge in [0, 0.05) is 29.9 Å². The topological polar surface area (TPSA) is 65.5 Å². The van der Waals surface area contributed by atoms with Crippen LogP contribution in [0.2, 0.25) is 0 Å². The fraction of sp³-hybridized carbons (Fsp3) is 0.227. The summed E-state index contributed by atoms with van der Waals surface area (Å²) in [5.74, 6) is -0.213. The fourth-order valence-corrected chi connectivity index (χ4v) is 3.47. The highest BCUT2D eigenvalue weighted by atomic mass is 16.2. The number of pyridine rings is 1. The summed E-state index contributed by atoms with van der Waals surface area (Å²) < 4.78 is 0. The van der Waals surface area contributed by atoms with Gasteiger partial charge in [-0.25, -0.2) is 4.79 Å². The highest BCUT2D eigenvalue weighted by molar-refractivity contribution is 6.03. The zero-order chi connectivity index (χ0) is 19.7. The van der Waals surface area contributed by atoms with Gasteiger partial charge in [-0.3, -0.25) is 14.7 Å². The van der Waals surface area contributed by atoms with Gasteiger partial charge in [0.25, 0.3) is 0 Å². The Morgan fingerprint density at radius 3 is 2.61 bits per heavy atom. The largest absolute Gasteiger partial charge is 0.325 e. The molecule has 1 aliphatic heterocycles. The molecule has 0 aliphatic carbocycles. The average Bonchev–Trinajstić information content (AvgIpc) is 3.02. The third kappa shape index (κ3) is 3.53. The van der Waals surface area contributed by atoms with E-state index in [1.807, 2.05) is 68.4 Å². The van der Waals surface area contributed by atoms with Gasteiger partial charge in [-0.05, 0) is 38.1 Å². The van der Waals surface area contributed by atoms with Crippen molar-refractivity contribution in [1.29, 1.82) is 0 Å². The summed E-state index contributed by atoms with van der Waals surface area (Å²) >= 11 is 0. The van der Waals surface area contributed by atoms with Crippen molar-refractivity contribution >= 4 is 34.2 Å². The van der Waals surface area contributed by atoms with Crippen LogP contribution in [0.4, 0.5) is 16.2 Å². The first-order valence-electron chi connectivity index (χ1n) is 9.30. The van der Waals surface area contributed by atoms with E-state index < -0.39 is 0 Å². The minimum atomic E-state index is -0.213. The summed E-state index contributed by atoms with van der Waals surface area (Å²) in [5.41, 5.74) is 4.38. The monoisotopic (exact) mass is 374 g/mol. The molecule has 1 aliphatic rings. The summed E-state index contributed by atoms with van der Waals surface area (Å²) in [6, 6.07) is 17.2. The molecule has 1 saturated heterocycles. The second-order valence-electron chi connectivity index (χ2n) is 7.07. The first kappa shape index (κ1) is 18.0. The number of nitrogens with one attached hydrogen (secondary N) is 1. The Morgan fingerprint density at radius 2 is 1.82 bits per heavy atom. The van der Waals surface area contributed by atoms with E-state index in [0.29, 0.717) is 13.1 Å². The van der Waals surface area contributed by atoms with Crippen molar-refractivity contribution in [2.45, 2.75) is 13.8 Å². The van der Waals surface area contributed by atoms with E-state index in [-0.39, 0.29) is 18.5 Å². The summed E-state index contributed by atoms with van der Waals surface area (Å²) in [6.07, 6.45) is 0. The molecule has 6 nitrogen and oxygen atoms in total. The molecule has 0 unspecified atom stereocenters. The zero-order valence-electron chi connectivity index (χ0n) is 16.0. The number of benzene rings is 2. The van der Waals surface area contributed by atoms with Crippen LogP contribution in [0, 0.1) is 13.8 Å². The number of anilines is 2. The van der Waals surface area contributed by atoms with Crippen LogP contribution < -0.4 is 10.2 Å². The van der Waals surface area contributed by atoms with E-state index in [2.05, 4.69) is 10.3 Å². The molecule has 4 rings (SSSR count). The number of rotatable bonds is 4. The third-order valence-electron chi connectivity index (χ3n) is 4.89.